The molecule has 0 amide bonds. The van der Waals surface area contributed by atoms with E-state index in [-0.39, 0.29) is 16.9 Å². The molecule has 3 aromatic heterocycles. The van der Waals surface area contributed by atoms with E-state index in [9.17, 15) is 8.42 Å². The van der Waals surface area contributed by atoms with Crippen LogP contribution in [-0.4, -0.2) is 34.6 Å². The molecule has 8 heteroatoms. The minimum atomic E-state index is -3.44. The number of nitrogens with one attached hydrogen (secondary N) is 1. The summed E-state index contributed by atoms with van der Waals surface area (Å²) in [6.07, 6.45) is 5.86. The van der Waals surface area contributed by atoms with Gasteiger partial charge in [0.2, 0.25) is 0 Å². The third-order valence-electron chi connectivity index (χ3n) is 6.17. The zero-order valence-corrected chi connectivity index (χ0v) is 21.6. The van der Waals surface area contributed by atoms with E-state index in [1.54, 1.807) is 18.5 Å². The Balaban J connectivity index is 1.75. The number of rotatable bonds is 7. The van der Waals surface area contributed by atoms with Gasteiger partial charge in [0.15, 0.2) is 15.7 Å². The Morgan fingerprint density at radius 3 is 2.32 bits per heavy atom. The van der Waals surface area contributed by atoms with Gasteiger partial charge in [-0.15, -0.1) is 0 Å². The van der Waals surface area contributed by atoms with Crippen molar-refractivity contribution >= 4 is 26.6 Å². The number of fused-ring (bicyclic) bond motifs is 1. The lowest BCUT2D eigenvalue weighted by atomic mass is 9.98. The third kappa shape index (κ3) is 5.20. The maximum atomic E-state index is 12.2. The molecule has 1 unspecified atom stereocenters. The van der Waals surface area contributed by atoms with Gasteiger partial charge in [-0.1, -0.05) is 62.4 Å². The van der Waals surface area contributed by atoms with Crippen molar-refractivity contribution in [3.63, 3.8) is 0 Å². The van der Waals surface area contributed by atoms with Crippen molar-refractivity contribution in [2.24, 2.45) is 5.92 Å². The lowest BCUT2D eigenvalue weighted by Crippen LogP contribution is -2.19. The average molecular weight is 510 g/mol. The first kappa shape index (κ1) is 24.5. The summed E-state index contributed by atoms with van der Waals surface area (Å²) in [5, 5.41) is 4.53. The van der Waals surface area contributed by atoms with Crippen LogP contribution in [0.2, 0.25) is 0 Å². The molecule has 37 heavy (non-hydrogen) atoms. The van der Waals surface area contributed by atoms with Crippen LogP contribution < -0.4 is 5.32 Å². The van der Waals surface area contributed by atoms with E-state index in [2.05, 4.69) is 47.3 Å². The lowest BCUT2D eigenvalue weighted by molar-refractivity contribution is 0.534. The third-order valence-corrected chi connectivity index (χ3v) is 7.25. The van der Waals surface area contributed by atoms with Gasteiger partial charge in [0, 0.05) is 30.4 Å². The first-order valence-corrected chi connectivity index (χ1v) is 13.9. The van der Waals surface area contributed by atoms with Gasteiger partial charge in [0.05, 0.1) is 27.5 Å². The molecule has 0 aliphatic carbocycles. The molecule has 0 fully saturated rings. The summed E-state index contributed by atoms with van der Waals surface area (Å²) in [6, 6.07) is 23.4. The molecule has 0 saturated heterocycles. The molecule has 1 atom stereocenters. The molecule has 0 aliphatic rings. The van der Waals surface area contributed by atoms with Crippen LogP contribution in [-0.2, 0) is 9.84 Å². The van der Waals surface area contributed by atoms with E-state index in [1.165, 1.54) is 6.20 Å². The summed E-state index contributed by atoms with van der Waals surface area (Å²) in [7, 11) is -3.44. The summed E-state index contributed by atoms with van der Waals surface area (Å²) >= 11 is 0. The topological polar surface area (TPSA) is 97.7 Å². The van der Waals surface area contributed by atoms with Crippen LogP contribution in [0.3, 0.4) is 0 Å². The van der Waals surface area contributed by atoms with Crippen molar-refractivity contribution < 1.29 is 8.42 Å². The van der Waals surface area contributed by atoms with Crippen LogP contribution in [0.15, 0.2) is 96.3 Å². The number of sulfone groups is 1. The number of hydrogen-bond donors (Lipinski definition) is 1. The molecule has 0 aliphatic heterocycles. The van der Waals surface area contributed by atoms with Gasteiger partial charge in [-0.05, 0) is 41.3 Å². The summed E-state index contributed by atoms with van der Waals surface area (Å²) in [5.74, 6) is 1.25. The molecule has 0 bridgehead atoms. The molecule has 5 aromatic rings. The van der Waals surface area contributed by atoms with Crippen molar-refractivity contribution in [2.75, 3.05) is 11.6 Å². The monoisotopic (exact) mass is 509 g/mol. The van der Waals surface area contributed by atoms with Gasteiger partial charge in [-0.3, -0.25) is 9.97 Å². The van der Waals surface area contributed by atoms with Gasteiger partial charge in [0.25, 0.3) is 0 Å². The number of hydrogen-bond acceptors (Lipinski definition) is 7. The molecular formula is C29H27N5O2S. The first-order valence-electron chi connectivity index (χ1n) is 12.0. The van der Waals surface area contributed by atoms with Crippen LogP contribution in [0.1, 0.15) is 25.6 Å². The summed E-state index contributed by atoms with van der Waals surface area (Å²) in [4.78, 5) is 18.6. The number of benzene rings is 2. The maximum Gasteiger partial charge on any atom is 0.177 e. The molecule has 5 rings (SSSR count). The van der Waals surface area contributed by atoms with Crippen LogP contribution in [0, 0.1) is 5.92 Å². The molecule has 1 N–H and O–H groups in total. The first-order chi connectivity index (χ1) is 17.8. The standard InChI is InChI=1S/C29H27N5O2S/c1-19(2)27(25-13-7-8-15-31-25)33-29-26-23(20-10-5-4-6-11-20)12-9-14-24(26)32-28(34-29)21-16-22(18-30-17-21)37(3,35)36/h4-19,27H,1-3H3,(H,32,33,34). The summed E-state index contributed by atoms with van der Waals surface area (Å²) in [6.45, 7) is 4.27. The predicted octanol–water partition coefficient (Wildman–Crippen LogP) is 5.97. The number of anilines is 1. The van der Waals surface area contributed by atoms with Gasteiger partial charge in [-0.25, -0.2) is 18.4 Å². The zero-order valence-electron chi connectivity index (χ0n) is 20.8. The van der Waals surface area contributed by atoms with Crippen LogP contribution in [0.25, 0.3) is 33.4 Å². The fraction of sp³-hybridized carbons (Fsp3) is 0.172. The highest BCUT2D eigenvalue weighted by Gasteiger charge is 2.22. The minimum Gasteiger partial charge on any atom is -0.361 e. The maximum absolute atomic E-state index is 12.2. The van der Waals surface area contributed by atoms with E-state index in [0.29, 0.717) is 17.2 Å². The summed E-state index contributed by atoms with van der Waals surface area (Å²) in [5.41, 5.74) is 4.22. The Morgan fingerprint density at radius 2 is 1.62 bits per heavy atom. The second-order valence-electron chi connectivity index (χ2n) is 9.26. The Labute approximate surface area is 216 Å². The van der Waals surface area contributed by atoms with E-state index >= 15 is 0 Å². The second-order valence-corrected chi connectivity index (χ2v) is 11.3. The van der Waals surface area contributed by atoms with Crippen molar-refractivity contribution in [3.8, 4) is 22.5 Å². The summed E-state index contributed by atoms with van der Waals surface area (Å²) < 4.78 is 24.3. The van der Waals surface area contributed by atoms with Crippen molar-refractivity contribution in [2.45, 2.75) is 24.8 Å². The Bertz CT molecular complexity index is 1660. The van der Waals surface area contributed by atoms with E-state index in [0.717, 1.165) is 34.0 Å². The van der Waals surface area contributed by atoms with Gasteiger partial charge < -0.3 is 5.32 Å². The largest absolute Gasteiger partial charge is 0.361 e. The fourth-order valence-electron chi connectivity index (χ4n) is 4.31. The molecule has 3 heterocycles. The Morgan fingerprint density at radius 1 is 0.838 bits per heavy atom. The predicted molar refractivity (Wildman–Crippen MR) is 147 cm³/mol. The number of nitrogens with zero attached hydrogens (tertiary/aromatic N) is 4. The quantitative estimate of drug-likeness (QED) is 0.289. The van der Waals surface area contributed by atoms with Crippen molar-refractivity contribution in [3.05, 3.63) is 97.1 Å². The Kier molecular flexibility index (Phi) is 6.67. The highest BCUT2D eigenvalue weighted by molar-refractivity contribution is 7.90. The smallest absolute Gasteiger partial charge is 0.177 e. The van der Waals surface area contributed by atoms with Gasteiger partial charge in [-0.2, -0.15) is 0 Å². The highest BCUT2D eigenvalue weighted by atomic mass is 32.2. The SMILES string of the molecule is CC(C)C(Nc1nc(-c2cncc(S(C)(=O)=O)c2)nc2cccc(-c3ccccc3)c12)c1ccccn1. The van der Waals surface area contributed by atoms with Gasteiger partial charge in [0.1, 0.15) is 5.82 Å². The van der Waals surface area contributed by atoms with Crippen LogP contribution in [0.4, 0.5) is 5.82 Å². The lowest BCUT2D eigenvalue weighted by Gasteiger charge is -2.24. The molecule has 0 saturated carbocycles. The number of pyridine rings is 2. The normalized spacial score (nSPS) is 12.5. The fourth-order valence-corrected chi connectivity index (χ4v) is 4.90. The highest BCUT2D eigenvalue weighted by Crippen LogP contribution is 2.36. The van der Waals surface area contributed by atoms with E-state index in [4.69, 9.17) is 9.97 Å². The van der Waals surface area contributed by atoms with Crippen molar-refractivity contribution in [1.29, 1.82) is 0 Å². The molecule has 186 valence electrons. The molecule has 7 nitrogen and oxygen atoms in total. The average Bonchev–Trinajstić information content (AvgIpc) is 2.91. The molecule has 0 spiro atoms. The van der Waals surface area contributed by atoms with E-state index < -0.39 is 9.84 Å². The van der Waals surface area contributed by atoms with Crippen molar-refractivity contribution in [1.82, 2.24) is 19.9 Å². The van der Waals surface area contributed by atoms with E-state index in [1.807, 2.05) is 48.5 Å². The van der Waals surface area contributed by atoms with Crippen LogP contribution >= 0.6 is 0 Å². The minimum absolute atomic E-state index is 0.114. The second kappa shape index (κ2) is 10.1. The molecular weight excluding hydrogens is 482 g/mol. The zero-order chi connectivity index (χ0) is 26.0. The Hall–Kier alpha value is -4.17. The van der Waals surface area contributed by atoms with Crippen LogP contribution in [0.5, 0.6) is 0 Å². The molecule has 2 aromatic carbocycles. The van der Waals surface area contributed by atoms with Gasteiger partial charge >= 0.3 is 0 Å². The molecule has 0 radical (unpaired) electrons. The number of aromatic nitrogens is 4.